The molecule has 0 atom stereocenters. The van der Waals surface area contributed by atoms with Crippen LogP contribution in [-0.2, 0) is 4.79 Å². The van der Waals surface area contributed by atoms with E-state index in [1.54, 1.807) is 11.0 Å². The first kappa shape index (κ1) is 18.1. The van der Waals surface area contributed by atoms with E-state index in [0.717, 1.165) is 22.2 Å². The van der Waals surface area contributed by atoms with Crippen LogP contribution in [0.1, 0.15) is 0 Å². The highest BCUT2D eigenvalue weighted by Gasteiger charge is 2.18. The van der Waals surface area contributed by atoms with Gasteiger partial charge in [-0.2, -0.15) is 0 Å². The van der Waals surface area contributed by atoms with Gasteiger partial charge in [0, 0.05) is 29.3 Å². The van der Waals surface area contributed by atoms with Crippen LogP contribution in [0.3, 0.4) is 0 Å². The number of aromatic amines is 1. The van der Waals surface area contributed by atoms with Gasteiger partial charge < -0.3 is 14.3 Å². The van der Waals surface area contributed by atoms with E-state index in [1.807, 2.05) is 60.8 Å². The van der Waals surface area contributed by atoms with Crippen molar-refractivity contribution in [1.29, 1.82) is 0 Å². The number of H-pyrrole nitrogens is 1. The number of para-hydroxylation sites is 2. The van der Waals surface area contributed by atoms with Gasteiger partial charge in [-0.3, -0.25) is 4.79 Å². The van der Waals surface area contributed by atoms with E-state index in [-0.39, 0.29) is 11.7 Å². The lowest BCUT2D eigenvalue weighted by molar-refractivity contribution is -0.116. The maximum absolute atomic E-state index is 12.7. The summed E-state index contributed by atoms with van der Waals surface area (Å²) in [5, 5.41) is 9.57. The standard InChI is InChI=1S/C21H18N4O2S/c1-2-12-25(15-8-4-3-5-9-15)19(26)14-28-21-24-23-20(27-21)17-13-22-18-11-7-6-10-16(17)18/h2-11,13,22H,1,12,14H2. The second kappa shape index (κ2) is 8.14. The van der Waals surface area contributed by atoms with Gasteiger partial charge in [0.25, 0.3) is 11.1 Å². The number of nitrogens with zero attached hydrogens (tertiary/aromatic N) is 3. The molecule has 0 saturated heterocycles. The topological polar surface area (TPSA) is 75.0 Å². The lowest BCUT2D eigenvalue weighted by atomic mass is 10.2. The molecule has 2 aromatic carbocycles. The average molecular weight is 390 g/mol. The molecule has 0 aliphatic rings. The highest BCUT2D eigenvalue weighted by Crippen LogP contribution is 2.29. The number of amides is 1. The molecule has 0 spiro atoms. The SMILES string of the molecule is C=CCN(C(=O)CSc1nnc(-c2c[nH]c3ccccc23)o1)c1ccccc1. The maximum atomic E-state index is 12.7. The quantitative estimate of drug-likeness (QED) is 0.371. The number of rotatable bonds is 7. The molecular weight excluding hydrogens is 372 g/mol. The summed E-state index contributed by atoms with van der Waals surface area (Å²) in [6, 6.07) is 17.4. The Morgan fingerprint density at radius 2 is 1.93 bits per heavy atom. The van der Waals surface area contributed by atoms with Crippen LogP contribution >= 0.6 is 11.8 Å². The number of thioether (sulfide) groups is 1. The van der Waals surface area contributed by atoms with Crippen molar-refractivity contribution in [3.8, 4) is 11.5 Å². The number of nitrogens with one attached hydrogen (secondary N) is 1. The van der Waals surface area contributed by atoms with Crippen molar-refractivity contribution in [2.24, 2.45) is 0 Å². The third-order valence-corrected chi connectivity index (χ3v) is 5.03. The van der Waals surface area contributed by atoms with Crippen LogP contribution in [0, 0.1) is 0 Å². The molecule has 0 saturated carbocycles. The lowest BCUT2D eigenvalue weighted by Crippen LogP contribution is -2.32. The molecule has 2 heterocycles. The first-order valence-electron chi connectivity index (χ1n) is 8.75. The van der Waals surface area contributed by atoms with Gasteiger partial charge in [0.15, 0.2) is 0 Å². The molecule has 1 amide bonds. The summed E-state index contributed by atoms with van der Waals surface area (Å²) in [6.07, 6.45) is 3.55. The molecule has 0 unspecified atom stereocenters. The highest BCUT2D eigenvalue weighted by atomic mass is 32.2. The molecule has 0 aliphatic heterocycles. The van der Waals surface area contributed by atoms with Gasteiger partial charge in [-0.25, -0.2) is 0 Å². The third-order valence-electron chi connectivity index (χ3n) is 4.23. The van der Waals surface area contributed by atoms with E-state index in [1.165, 1.54) is 11.8 Å². The van der Waals surface area contributed by atoms with Crippen molar-refractivity contribution in [3.63, 3.8) is 0 Å². The summed E-state index contributed by atoms with van der Waals surface area (Å²) in [5.41, 5.74) is 2.68. The Hall–Kier alpha value is -3.32. The molecule has 0 aliphatic carbocycles. The van der Waals surface area contributed by atoms with Crippen molar-refractivity contribution in [2.45, 2.75) is 5.22 Å². The van der Waals surface area contributed by atoms with E-state index in [0.29, 0.717) is 17.7 Å². The Labute approximate surface area is 166 Å². The van der Waals surface area contributed by atoms with Gasteiger partial charge in [-0.1, -0.05) is 54.2 Å². The number of carbonyl (C=O) groups is 1. The van der Waals surface area contributed by atoms with Crippen LogP contribution in [0.15, 0.2) is 83.1 Å². The van der Waals surface area contributed by atoms with Crippen molar-refractivity contribution < 1.29 is 9.21 Å². The molecule has 28 heavy (non-hydrogen) atoms. The Morgan fingerprint density at radius 3 is 2.75 bits per heavy atom. The smallest absolute Gasteiger partial charge is 0.277 e. The van der Waals surface area contributed by atoms with Crippen LogP contribution in [0.2, 0.25) is 0 Å². The Balaban J connectivity index is 1.47. The second-order valence-electron chi connectivity index (χ2n) is 6.04. The van der Waals surface area contributed by atoms with Gasteiger partial charge in [-0.15, -0.1) is 16.8 Å². The van der Waals surface area contributed by atoms with E-state index < -0.39 is 0 Å². The molecule has 1 N–H and O–H groups in total. The molecule has 4 aromatic rings. The van der Waals surface area contributed by atoms with Gasteiger partial charge in [0.05, 0.1) is 11.3 Å². The third kappa shape index (κ3) is 3.70. The molecule has 4 rings (SSSR count). The molecular formula is C21H18N4O2S. The highest BCUT2D eigenvalue weighted by molar-refractivity contribution is 7.99. The summed E-state index contributed by atoms with van der Waals surface area (Å²) in [5.74, 6) is 0.569. The number of hydrogen-bond acceptors (Lipinski definition) is 5. The summed E-state index contributed by atoms with van der Waals surface area (Å²) in [7, 11) is 0. The van der Waals surface area contributed by atoms with E-state index in [9.17, 15) is 4.79 Å². The second-order valence-corrected chi connectivity index (χ2v) is 6.96. The number of aromatic nitrogens is 3. The predicted molar refractivity (Wildman–Crippen MR) is 111 cm³/mol. The Kier molecular flexibility index (Phi) is 5.25. The van der Waals surface area contributed by atoms with Crippen LogP contribution in [-0.4, -0.2) is 33.4 Å². The van der Waals surface area contributed by atoms with Crippen molar-refractivity contribution in [3.05, 3.63) is 73.4 Å². The number of anilines is 1. The number of hydrogen-bond donors (Lipinski definition) is 1. The zero-order valence-electron chi connectivity index (χ0n) is 15.0. The molecule has 7 heteroatoms. The summed E-state index contributed by atoms with van der Waals surface area (Å²) < 4.78 is 5.76. The summed E-state index contributed by atoms with van der Waals surface area (Å²) in [6.45, 7) is 4.18. The number of benzene rings is 2. The largest absolute Gasteiger partial charge is 0.411 e. The first-order valence-corrected chi connectivity index (χ1v) is 9.74. The van der Waals surface area contributed by atoms with Crippen molar-refractivity contribution >= 4 is 34.3 Å². The van der Waals surface area contributed by atoms with E-state index >= 15 is 0 Å². The molecule has 0 bridgehead atoms. The predicted octanol–water partition coefficient (Wildman–Crippen LogP) is 4.53. The van der Waals surface area contributed by atoms with Gasteiger partial charge in [0.2, 0.25) is 5.91 Å². The summed E-state index contributed by atoms with van der Waals surface area (Å²) in [4.78, 5) is 17.5. The maximum Gasteiger partial charge on any atom is 0.277 e. The lowest BCUT2D eigenvalue weighted by Gasteiger charge is -2.20. The Bertz CT molecular complexity index is 1100. The number of fused-ring (bicyclic) bond motifs is 1. The molecule has 6 nitrogen and oxygen atoms in total. The fourth-order valence-electron chi connectivity index (χ4n) is 2.92. The summed E-state index contributed by atoms with van der Waals surface area (Å²) >= 11 is 1.22. The van der Waals surface area contributed by atoms with Crippen LogP contribution in [0.25, 0.3) is 22.4 Å². The van der Waals surface area contributed by atoms with Crippen LogP contribution < -0.4 is 4.90 Å². The molecule has 140 valence electrons. The number of carbonyl (C=O) groups excluding carboxylic acids is 1. The average Bonchev–Trinajstić information content (AvgIpc) is 3.37. The normalized spacial score (nSPS) is 10.9. The monoisotopic (exact) mass is 390 g/mol. The van der Waals surface area contributed by atoms with E-state index in [4.69, 9.17) is 4.42 Å². The molecule has 2 aromatic heterocycles. The van der Waals surface area contributed by atoms with Crippen LogP contribution in [0.4, 0.5) is 5.69 Å². The molecule has 0 radical (unpaired) electrons. The van der Waals surface area contributed by atoms with Crippen molar-refractivity contribution in [1.82, 2.24) is 15.2 Å². The molecule has 0 fully saturated rings. The minimum Gasteiger partial charge on any atom is -0.411 e. The minimum absolute atomic E-state index is 0.0528. The van der Waals surface area contributed by atoms with Gasteiger partial charge in [-0.05, 0) is 18.2 Å². The van der Waals surface area contributed by atoms with Crippen molar-refractivity contribution in [2.75, 3.05) is 17.2 Å². The van der Waals surface area contributed by atoms with Gasteiger partial charge >= 0.3 is 0 Å². The first-order chi connectivity index (χ1) is 13.8. The fraction of sp³-hybridized carbons (Fsp3) is 0.0952. The zero-order valence-corrected chi connectivity index (χ0v) is 15.9. The fourth-order valence-corrected chi connectivity index (χ4v) is 3.55. The minimum atomic E-state index is -0.0528. The van der Waals surface area contributed by atoms with E-state index in [2.05, 4.69) is 21.8 Å². The Morgan fingerprint density at radius 1 is 1.14 bits per heavy atom. The van der Waals surface area contributed by atoms with Gasteiger partial charge in [0.1, 0.15) is 0 Å². The van der Waals surface area contributed by atoms with Crippen LogP contribution in [0.5, 0.6) is 0 Å². The zero-order chi connectivity index (χ0) is 19.3.